The van der Waals surface area contributed by atoms with Crippen LogP contribution in [-0.2, 0) is 6.42 Å². The van der Waals surface area contributed by atoms with Gasteiger partial charge in [-0.2, -0.15) is 0 Å². The lowest BCUT2D eigenvalue weighted by Crippen LogP contribution is -2.43. The number of hydrogen-bond donors (Lipinski definition) is 2. The van der Waals surface area contributed by atoms with E-state index in [0.29, 0.717) is 29.9 Å². The third-order valence-corrected chi connectivity index (χ3v) is 6.38. The normalized spacial score (nSPS) is 47.1. The summed E-state index contributed by atoms with van der Waals surface area (Å²) in [5.74, 6) is 1.74. The summed E-state index contributed by atoms with van der Waals surface area (Å²) < 4.78 is 8.45. The Labute approximate surface area is 122 Å². The van der Waals surface area contributed by atoms with Crippen molar-refractivity contribution in [2.45, 2.75) is 57.4 Å². The molecule has 1 aromatic carbocycles. The van der Waals surface area contributed by atoms with Gasteiger partial charge in [0.1, 0.15) is 5.75 Å². The zero-order chi connectivity index (χ0) is 14.8. The highest BCUT2D eigenvalue weighted by atomic mass is 16.3. The van der Waals surface area contributed by atoms with Crippen LogP contribution < -0.4 is 0 Å². The highest BCUT2D eigenvalue weighted by Gasteiger charge is 2.54. The van der Waals surface area contributed by atoms with Crippen LogP contribution in [0, 0.1) is 17.3 Å². The molecule has 0 amide bonds. The van der Waals surface area contributed by atoms with Gasteiger partial charge in [0.05, 0.1) is 6.10 Å². The molecule has 108 valence electrons. The standard InChI is InChI=1S/C18H24O2/c1-18-9-8-14-13-5-3-12(19)10-11(13)2-4-15(14)16(18)6-7-17(18)20/h3,5,10,14-17,19-20H,2,4,6-9H2,1H3/t14-,15-,16+,17?,18+/m1/s1/i6D/t6?,14-,15-,16+,17?,18+. The Morgan fingerprint density at radius 1 is 1.30 bits per heavy atom. The smallest absolute Gasteiger partial charge is 0.115 e. The van der Waals surface area contributed by atoms with Gasteiger partial charge in [0, 0.05) is 1.37 Å². The number of phenolic OH excluding ortho intramolecular Hbond substituents is 1. The summed E-state index contributed by atoms with van der Waals surface area (Å²) in [7, 11) is 0. The van der Waals surface area contributed by atoms with Crippen LogP contribution in [-0.4, -0.2) is 16.3 Å². The number of rotatable bonds is 0. The maximum absolute atomic E-state index is 10.4. The Hall–Kier alpha value is -1.02. The third-order valence-electron chi connectivity index (χ3n) is 6.38. The van der Waals surface area contributed by atoms with E-state index in [9.17, 15) is 10.2 Å². The number of fused-ring (bicyclic) bond motifs is 5. The van der Waals surface area contributed by atoms with Gasteiger partial charge in [0.25, 0.3) is 0 Å². The van der Waals surface area contributed by atoms with Crippen LogP contribution in [0.1, 0.15) is 57.4 Å². The Bertz CT molecular complexity index is 572. The molecule has 2 N–H and O–H groups in total. The Kier molecular flexibility index (Phi) is 2.46. The quantitative estimate of drug-likeness (QED) is 0.758. The molecule has 2 fully saturated rings. The second-order valence-corrected chi connectivity index (χ2v) is 7.25. The van der Waals surface area contributed by atoms with Crippen LogP contribution in [0.15, 0.2) is 18.2 Å². The summed E-state index contributed by atoms with van der Waals surface area (Å²) in [6, 6.07) is 5.81. The minimum atomic E-state index is -0.299. The predicted octanol–water partition coefficient (Wildman–Crippen LogP) is 3.61. The summed E-state index contributed by atoms with van der Waals surface area (Å²) in [6.07, 6.45) is 4.47. The van der Waals surface area contributed by atoms with E-state index in [4.69, 9.17) is 1.37 Å². The third kappa shape index (κ3) is 1.60. The van der Waals surface area contributed by atoms with Crippen molar-refractivity contribution >= 4 is 0 Å². The van der Waals surface area contributed by atoms with Gasteiger partial charge in [0.2, 0.25) is 0 Å². The molecule has 0 radical (unpaired) electrons. The zero-order valence-electron chi connectivity index (χ0n) is 13.0. The first-order valence-corrected chi connectivity index (χ1v) is 7.93. The van der Waals surface area contributed by atoms with Crippen molar-refractivity contribution in [3.8, 4) is 5.75 Å². The summed E-state index contributed by atoms with van der Waals surface area (Å²) in [5.41, 5.74) is 2.63. The molecule has 0 saturated heterocycles. The van der Waals surface area contributed by atoms with Gasteiger partial charge in [-0.25, -0.2) is 0 Å². The number of aliphatic hydroxyl groups is 1. The average molecular weight is 273 g/mol. The predicted molar refractivity (Wildman–Crippen MR) is 78.7 cm³/mol. The van der Waals surface area contributed by atoms with Crippen molar-refractivity contribution in [3.05, 3.63) is 29.3 Å². The Morgan fingerprint density at radius 2 is 2.15 bits per heavy atom. The highest BCUT2D eigenvalue weighted by molar-refractivity contribution is 5.40. The van der Waals surface area contributed by atoms with Crippen molar-refractivity contribution in [2.75, 3.05) is 0 Å². The number of aromatic hydroxyl groups is 1. The molecule has 4 rings (SSSR count). The lowest BCUT2D eigenvalue weighted by atomic mass is 9.55. The van der Waals surface area contributed by atoms with E-state index in [1.807, 2.05) is 6.07 Å². The molecule has 1 aromatic rings. The van der Waals surface area contributed by atoms with E-state index in [0.717, 1.165) is 25.7 Å². The van der Waals surface area contributed by atoms with E-state index in [1.165, 1.54) is 11.1 Å². The van der Waals surface area contributed by atoms with Crippen LogP contribution >= 0.6 is 0 Å². The van der Waals surface area contributed by atoms with E-state index in [1.54, 1.807) is 6.07 Å². The fourth-order valence-corrected chi connectivity index (χ4v) is 5.22. The van der Waals surface area contributed by atoms with Crippen molar-refractivity contribution in [1.29, 1.82) is 0 Å². The van der Waals surface area contributed by atoms with Gasteiger partial charge in [-0.05, 0) is 84.9 Å². The van der Waals surface area contributed by atoms with Gasteiger partial charge in [-0.15, -0.1) is 0 Å². The molecule has 2 saturated carbocycles. The molecule has 3 aliphatic carbocycles. The molecule has 0 aromatic heterocycles. The van der Waals surface area contributed by atoms with E-state index >= 15 is 0 Å². The lowest BCUT2D eigenvalue weighted by Gasteiger charge is -2.50. The van der Waals surface area contributed by atoms with Gasteiger partial charge in [-0.1, -0.05) is 13.0 Å². The number of phenols is 1. The van der Waals surface area contributed by atoms with Crippen molar-refractivity contribution in [2.24, 2.45) is 17.3 Å². The maximum Gasteiger partial charge on any atom is 0.115 e. The number of hydrogen-bond acceptors (Lipinski definition) is 2. The van der Waals surface area contributed by atoms with Crippen LogP contribution in [0.25, 0.3) is 0 Å². The monoisotopic (exact) mass is 273 g/mol. The van der Waals surface area contributed by atoms with Crippen molar-refractivity contribution in [3.63, 3.8) is 0 Å². The molecule has 2 nitrogen and oxygen atoms in total. The first-order valence-electron chi connectivity index (χ1n) is 8.50. The topological polar surface area (TPSA) is 40.5 Å². The zero-order valence-corrected chi connectivity index (χ0v) is 12.0. The molecular formula is C18H24O2. The summed E-state index contributed by atoms with van der Waals surface area (Å²) in [5, 5.41) is 20.1. The molecule has 0 bridgehead atoms. The van der Waals surface area contributed by atoms with E-state index < -0.39 is 0 Å². The highest BCUT2D eigenvalue weighted by Crippen LogP contribution is 2.60. The van der Waals surface area contributed by atoms with Gasteiger partial charge >= 0.3 is 0 Å². The molecule has 6 atom stereocenters. The van der Waals surface area contributed by atoms with Gasteiger partial charge in [-0.3, -0.25) is 0 Å². The summed E-state index contributed by atoms with van der Waals surface area (Å²) in [6.45, 7) is 2.21. The van der Waals surface area contributed by atoms with Crippen molar-refractivity contribution < 1.29 is 11.6 Å². The number of benzene rings is 1. The minimum Gasteiger partial charge on any atom is -0.508 e. The van der Waals surface area contributed by atoms with Crippen LogP contribution in [0.2, 0.25) is 0 Å². The summed E-state index contributed by atoms with van der Waals surface area (Å²) in [4.78, 5) is 0. The van der Waals surface area contributed by atoms with E-state index in [2.05, 4.69) is 13.0 Å². The van der Waals surface area contributed by atoms with Crippen molar-refractivity contribution in [1.82, 2.24) is 0 Å². The maximum atomic E-state index is 10.4. The molecule has 2 unspecified atom stereocenters. The largest absolute Gasteiger partial charge is 0.508 e. The lowest BCUT2D eigenvalue weighted by molar-refractivity contribution is -0.0226. The average Bonchev–Trinajstić information content (AvgIpc) is 2.68. The summed E-state index contributed by atoms with van der Waals surface area (Å²) >= 11 is 0. The molecule has 20 heavy (non-hydrogen) atoms. The molecule has 2 heteroatoms. The van der Waals surface area contributed by atoms with Crippen LogP contribution in [0.5, 0.6) is 5.75 Å². The number of aryl methyl sites for hydroxylation is 1. The first-order chi connectivity index (χ1) is 10.0. The second-order valence-electron chi connectivity index (χ2n) is 7.25. The second kappa shape index (κ2) is 4.24. The van der Waals surface area contributed by atoms with Crippen LogP contribution in [0.4, 0.5) is 0 Å². The van der Waals surface area contributed by atoms with Gasteiger partial charge < -0.3 is 10.2 Å². The number of aliphatic hydroxyl groups excluding tert-OH is 1. The molecule has 0 aliphatic heterocycles. The first kappa shape index (κ1) is 11.6. The SMILES string of the molecule is [2H]C1CC(O)[C@@]2(C)CC[C@@H]3c4ccc(O)cc4CC[C@H]3[C@H]12. The molecule has 0 spiro atoms. The van der Waals surface area contributed by atoms with E-state index in [-0.39, 0.29) is 17.9 Å². The molecule has 3 aliphatic rings. The molecular weight excluding hydrogens is 248 g/mol. The Morgan fingerprint density at radius 3 is 3.00 bits per heavy atom. The Balaban J connectivity index is 1.73. The van der Waals surface area contributed by atoms with Crippen LogP contribution in [0.3, 0.4) is 0 Å². The van der Waals surface area contributed by atoms with Gasteiger partial charge in [0.15, 0.2) is 0 Å². The fraction of sp³-hybridized carbons (Fsp3) is 0.667. The fourth-order valence-electron chi connectivity index (χ4n) is 5.22. The molecule has 0 heterocycles. The minimum absolute atomic E-state index is 0.0536.